The van der Waals surface area contributed by atoms with Gasteiger partial charge in [0.15, 0.2) is 0 Å². The number of hydrogen-bond acceptors (Lipinski definition) is 8. The molecule has 432 valence electrons. The number of hydrogen-bond donors (Lipinski definition) is 0. The van der Waals surface area contributed by atoms with Crippen molar-refractivity contribution in [2.45, 2.75) is 158 Å². The third-order valence-electron chi connectivity index (χ3n) is 17.9. The second kappa shape index (κ2) is 26.9. The molecule has 6 aromatic rings. The molecule has 4 aromatic heterocycles. The zero-order valence-electron chi connectivity index (χ0n) is 49.7. The zero-order valence-corrected chi connectivity index (χ0v) is 53.0. The van der Waals surface area contributed by atoms with E-state index in [4.69, 9.17) is 0 Å². The SMILES string of the molecule is CCCCC(CC)CN1C(=O)C2=C(c3ccc(-c4ccc5cc(-c6ccc(C7=C8C(=O)N(CC(CC)CCCC)C(c9cccs9)=C8C(=O)N7CC(CC)CCCC)s6)ccc5c4)s3)N(CC(CC)CCCC)C(=O)C2=C1c1cccs1. The summed E-state index contributed by atoms with van der Waals surface area (Å²) >= 11 is 6.54. The lowest BCUT2D eigenvalue weighted by atomic mass is 9.98. The molecule has 10 rings (SSSR count). The van der Waals surface area contributed by atoms with E-state index >= 15 is 19.2 Å². The van der Waals surface area contributed by atoms with Crippen molar-refractivity contribution >= 4 is 103 Å². The zero-order chi connectivity index (χ0) is 57.6. The van der Waals surface area contributed by atoms with E-state index in [0.717, 1.165) is 177 Å². The van der Waals surface area contributed by atoms with Gasteiger partial charge in [-0.1, -0.05) is 169 Å². The van der Waals surface area contributed by atoms with Crippen LogP contribution in [0.25, 0.3) is 54.4 Å². The van der Waals surface area contributed by atoms with E-state index in [1.54, 1.807) is 45.3 Å². The van der Waals surface area contributed by atoms with Crippen LogP contribution in [0.15, 0.2) is 118 Å². The first-order valence-electron chi connectivity index (χ1n) is 31.1. The molecule has 2 aromatic carbocycles. The van der Waals surface area contributed by atoms with Gasteiger partial charge in [0.25, 0.3) is 23.6 Å². The van der Waals surface area contributed by atoms with E-state index in [-0.39, 0.29) is 23.6 Å². The van der Waals surface area contributed by atoms with Crippen molar-refractivity contribution in [3.63, 3.8) is 0 Å². The Kier molecular flexibility index (Phi) is 19.5. The van der Waals surface area contributed by atoms with Crippen molar-refractivity contribution in [1.29, 1.82) is 0 Å². The van der Waals surface area contributed by atoms with E-state index in [1.165, 1.54) is 0 Å². The second-order valence-electron chi connectivity index (χ2n) is 23.3. The van der Waals surface area contributed by atoms with Crippen molar-refractivity contribution in [1.82, 2.24) is 19.6 Å². The van der Waals surface area contributed by atoms with Crippen molar-refractivity contribution in [2.75, 3.05) is 26.2 Å². The quantitative estimate of drug-likeness (QED) is 0.0450. The number of nitrogens with zero attached hydrogens (tertiary/aromatic N) is 4. The van der Waals surface area contributed by atoms with Crippen LogP contribution in [-0.2, 0) is 19.2 Å². The fourth-order valence-electron chi connectivity index (χ4n) is 12.8. The van der Waals surface area contributed by atoms with Gasteiger partial charge in [0, 0.05) is 35.9 Å². The fourth-order valence-corrected chi connectivity index (χ4v) is 16.5. The van der Waals surface area contributed by atoms with Gasteiger partial charge in [0.05, 0.1) is 64.6 Å². The minimum Gasteiger partial charge on any atom is -0.306 e. The molecule has 0 bridgehead atoms. The van der Waals surface area contributed by atoms with E-state index in [9.17, 15) is 0 Å². The van der Waals surface area contributed by atoms with Gasteiger partial charge in [0.2, 0.25) is 0 Å². The highest BCUT2D eigenvalue weighted by Crippen LogP contribution is 2.52. The molecule has 0 fully saturated rings. The Balaban J connectivity index is 0.989. The summed E-state index contributed by atoms with van der Waals surface area (Å²) in [5.41, 5.74) is 7.60. The van der Waals surface area contributed by atoms with Crippen LogP contribution in [0, 0.1) is 23.7 Å². The normalized spacial score (nSPS) is 17.1. The Hall–Kier alpha value is -5.66. The van der Waals surface area contributed by atoms with Gasteiger partial charge in [0.1, 0.15) is 0 Å². The average Bonchev–Trinajstić information content (AvgIpc) is 2.58. The highest BCUT2D eigenvalue weighted by atomic mass is 32.1. The lowest BCUT2D eigenvalue weighted by molar-refractivity contribution is -0.124. The molecule has 4 amide bonds. The fraction of sp³-hybridized carbons (Fsp3) is 0.457. The van der Waals surface area contributed by atoms with Crippen molar-refractivity contribution in [3.05, 3.63) is 137 Å². The maximum Gasteiger partial charge on any atom is 0.261 e. The second-order valence-corrected chi connectivity index (χ2v) is 27.3. The smallest absolute Gasteiger partial charge is 0.261 e. The highest BCUT2D eigenvalue weighted by Gasteiger charge is 2.52. The van der Waals surface area contributed by atoms with Gasteiger partial charge in [-0.2, -0.15) is 0 Å². The molecule has 4 atom stereocenters. The predicted octanol–water partition coefficient (Wildman–Crippen LogP) is 18.9. The van der Waals surface area contributed by atoms with E-state index in [0.29, 0.717) is 72.1 Å². The molecule has 0 saturated heterocycles. The Morgan fingerprint density at radius 1 is 0.354 bits per heavy atom. The molecule has 8 nitrogen and oxygen atoms in total. The van der Waals surface area contributed by atoms with Crippen LogP contribution in [-0.4, -0.2) is 69.4 Å². The van der Waals surface area contributed by atoms with Gasteiger partial charge in [-0.25, -0.2) is 0 Å². The standard InChI is InChI=1S/C70H84N4O4S4/c1-9-17-23-45(13-5)41-71-63(55-27-21-37-79-55)59-61(69(71)77)65(73(67(59)75)43-47(15-7)25-19-11-3)57-35-33-53(81-57)51-31-29-50-40-52(32-30-49(50)39-51)54-34-36-58(82-54)66-62-60(68(76)74(66)44-48(16-8)26-20-12-4)64(56-28-22-38-80-56)72(70(62)78)42-46(14-6)24-18-10-2/h21-22,27-40,45-48H,9-20,23-26,41-44H2,1-8H3. The van der Waals surface area contributed by atoms with E-state index in [2.05, 4.69) is 128 Å². The molecular formula is C70H84N4O4S4. The predicted molar refractivity (Wildman–Crippen MR) is 347 cm³/mol. The molecule has 0 radical (unpaired) electrons. The lowest BCUT2D eigenvalue weighted by Gasteiger charge is -2.29. The number of carbonyl (C=O) groups excluding carboxylic acids is 4. The van der Waals surface area contributed by atoms with Gasteiger partial charge < -0.3 is 19.6 Å². The molecule has 82 heavy (non-hydrogen) atoms. The van der Waals surface area contributed by atoms with Crippen molar-refractivity contribution in [3.8, 4) is 20.9 Å². The number of rotatable bonds is 30. The number of thiophene rings is 4. The molecule has 8 heterocycles. The van der Waals surface area contributed by atoms with E-state index < -0.39 is 0 Å². The van der Waals surface area contributed by atoms with Crippen LogP contribution in [0.3, 0.4) is 0 Å². The van der Waals surface area contributed by atoms with Crippen LogP contribution < -0.4 is 0 Å². The highest BCUT2D eigenvalue weighted by molar-refractivity contribution is 7.17. The van der Waals surface area contributed by atoms with Crippen LogP contribution in [0.5, 0.6) is 0 Å². The largest absolute Gasteiger partial charge is 0.306 e. The summed E-state index contributed by atoms with van der Waals surface area (Å²) in [6.07, 6.45) is 16.9. The summed E-state index contributed by atoms with van der Waals surface area (Å²) in [6.45, 7) is 20.2. The van der Waals surface area contributed by atoms with Crippen molar-refractivity contribution < 1.29 is 19.2 Å². The number of fused-ring (bicyclic) bond motifs is 3. The maximum atomic E-state index is 15.2. The molecule has 0 saturated carbocycles. The molecule has 12 heteroatoms. The average molecular weight is 1170 g/mol. The van der Waals surface area contributed by atoms with Crippen LogP contribution in [0.4, 0.5) is 0 Å². The topological polar surface area (TPSA) is 81.2 Å². The Morgan fingerprint density at radius 3 is 0.915 bits per heavy atom. The van der Waals surface area contributed by atoms with Crippen LogP contribution >= 0.6 is 45.3 Å². The summed E-state index contributed by atoms with van der Waals surface area (Å²) < 4.78 is 0. The Bertz CT molecular complexity index is 3180. The first-order chi connectivity index (χ1) is 40.0. The number of benzene rings is 2. The van der Waals surface area contributed by atoms with Gasteiger partial charge in [-0.15, -0.1) is 45.3 Å². The van der Waals surface area contributed by atoms with Crippen LogP contribution in [0.2, 0.25) is 0 Å². The van der Waals surface area contributed by atoms with Gasteiger partial charge >= 0.3 is 0 Å². The van der Waals surface area contributed by atoms with Crippen LogP contribution in [0.1, 0.15) is 178 Å². The molecule has 4 aliphatic heterocycles. The molecule has 0 spiro atoms. The molecule has 0 aliphatic carbocycles. The third kappa shape index (κ3) is 11.8. The van der Waals surface area contributed by atoms with Gasteiger partial charge in [-0.05, 0) is 131 Å². The minimum atomic E-state index is -0.0455. The van der Waals surface area contributed by atoms with E-state index in [1.807, 2.05) is 42.5 Å². The summed E-state index contributed by atoms with van der Waals surface area (Å²) in [5, 5.41) is 6.32. The summed E-state index contributed by atoms with van der Waals surface area (Å²) in [5.74, 6) is 1.16. The molecular weight excluding hydrogens is 1090 g/mol. The summed E-state index contributed by atoms with van der Waals surface area (Å²) in [7, 11) is 0. The molecule has 4 unspecified atom stereocenters. The third-order valence-corrected chi connectivity index (χ3v) is 21.9. The first-order valence-corrected chi connectivity index (χ1v) is 34.5. The van der Waals surface area contributed by atoms with Gasteiger partial charge in [-0.3, -0.25) is 19.2 Å². The number of amides is 4. The Labute approximate surface area is 504 Å². The Morgan fingerprint density at radius 2 is 0.646 bits per heavy atom. The maximum absolute atomic E-state index is 15.2. The summed E-state index contributed by atoms with van der Waals surface area (Å²) in [4.78, 5) is 74.5. The number of unbranched alkanes of at least 4 members (excludes halogenated alkanes) is 4. The number of carbonyl (C=O) groups is 4. The van der Waals surface area contributed by atoms with Crippen molar-refractivity contribution in [2.24, 2.45) is 23.7 Å². The molecule has 0 N–H and O–H groups in total. The first kappa shape index (κ1) is 59.5. The lowest BCUT2D eigenvalue weighted by Crippen LogP contribution is -2.34. The molecule has 4 aliphatic rings. The minimum absolute atomic E-state index is 0.0455. The monoisotopic (exact) mass is 1170 g/mol. The summed E-state index contributed by atoms with van der Waals surface area (Å²) in [6, 6.07) is 30.1.